The Morgan fingerprint density at radius 3 is 2.26 bits per heavy atom. The standard InChI is InChI=1S/C23H32N2O8S/c1-2-32-23(28)19-9-11-24(12-10-19)21(26)17-33-22(27)8-5-18-3-6-20(7-4-18)34(29,30)25-13-15-31-16-14-25/h3-4,6-7,19H,2,5,8-17H2,1H3. The molecule has 1 aromatic carbocycles. The number of hydrogen-bond donors (Lipinski definition) is 0. The lowest BCUT2D eigenvalue weighted by Gasteiger charge is -2.30. The zero-order valence-electron chi connectivity index (χ0n) is 19.4. The number of ether oxygens (including phenoxy) is 3. The summed E-state index contributed by atoms with van der Waals surface area (Å²) in [4.78, 5) is 38.0. The summed E-state index contributed by atoms with van der Waals surface area (Å²) in [6.45, 7) is 4.05. The number of rotatable bonds is 9. The normalized spacial score (nSPS) is 17.9. The van der Waals surface area contributed by atoms with Crippen molar-refractivity contribution < 1.29 is 37.0 Å². The number of benzene rings is 1. The van der Waals surface area contributed by atoms with Crippen molar-refractivity contribution in [1.82, 2.24) is 9.21 Å². The molecule has 2 fully saturated rings. The molecule has 0 aromatic heterocycles. The Bertz CT molecular complexity index is 950. The van der Waals surface area contributed by atoms with Crippen LogP contribution in [0.3, 0.4) is 0 Å². The maximum Gasteiger partial charge on any atom is 0.309 e. The second-order valence-corrected chi connectivity index (χ2v) is 10.2. The van der Waals surface area contributed by atoms with Gasteiger partial charge in [-0.25, -0.2) is 8.42 Å². The van der Waals surface area contributed by atoms with Crippen molar-refractivity contribution in [3.05, 3.63) is 29.8 Å². The van der Waals surface area contributed by atoms with Crippen LogP contribution in [0.4, 0.5) is 0 Å². The highest BCUT2D eigenvalue weighted by Gasteiger charge is 2.29. The first-order chi connectivity index (χ1) is 16.3. The highest BCUT2D eigenvalue weighted by Crippen LogP contribution is 2.20. The lowest BCUT2D eigenvalue weighted by Crippen LogP contribution is -2.42. The molecule has 11 heteroatoms. The number of carbonyl (C=O) groups excluding carboxylic acids is 3. The van der Waals surface area contributed by atoms with Crippen LogP contribution in [0.25, 0.3) is 0 Å². The fourth-order valence-electron chi connectivity index (χ4n) is 3.94. The van der Waals surface area contributed by atoms with Crippen molar-refractivity contribution >= 4 is 27.9 Å². The van der Waals surface area contributed by atoms with Gasteiger partial charge in [0.05, 0.1) is 30.6 Å². The van der Waals surface area contributed by atoms with Crippen LogP contribution < -0.4 is 0 Å². The Labute approximate surface area is 200 Å². The van der Waals surface area contributed by atoms with E-state index in [2.05, 4.69) is 0 Å². The third kappa shape index (κ3) is 7.00. The van der Waals surface area contributed by atoms with Gasteiger partial charge in [0, 0.05) is 32.6 Å². The van der Waals surface area contributed by atoms with E-state index in [1.165, 1.54) is 16.4 Å². The molecule has 0 atom stereocenters. The summed E-state index contributed by atoms with van der Waals surface area (Å²) < 4.78 is 42.1. The van der Waals surface area contributed by atoms with Crippen molar-refractivity contribution in [2.45, 2.75) is 37.5 Å². The number of aryl methyl sites for hydroxylation is 1. The number of hydrogen-bond acceptors (Lipinski definition) is 8. The zero-order valence-corrected chi connectivity index (χ0v) is 20.3. The van der Waals surface area contributed by atoms with E-state index in [-0.39, 0.29) is 35.7 Å². The van der Waals surface area contributed by atoms with Crippen LogP contribution in [-0.4, -0.2) is 88.1 Å². The molecule has 0 aliphatic carbocycles. The number of piperidine rings is 1. The minimum absolute atomic E-state index is 0.0772. The van der Waals surface area contributed by atoms with Gasteiger partial charge in [-0.2, -0.15) is 4.31 Å². The molecule has 0 N–H and O–H groups in total. The van der Waals surface area contributed by atoms with E-state index in [0.29, 0.717) is 65.3 Å². The van der Waals surface area contributed by atoms with E-state index < -0.39 is 16.0 Å². The maximum atomic E-state index is 12.7. The molecule has 188 valence electrons. The molecule has 34 heavy (non-hydrogen) atoms. The van der Waals surface area contributed by atoms with Gasteiger partial charge >= 0.3 is 11.9 Å². The first kappa shape index (κ1) is 26.1. The molecule has 1 amide bonds. The fourth-order valence-corrected chi connectivity index (χ4v) is 5.35. The average molecular weight is 497 g/mol. The third-order valence-corrected chi connectivity index (χ3v) is 7.89. The average Bonchev–Trinajstić information content (AvgIpc) is 2.87. The Kier molecular flexibility index (Phi) is 9.43. The molecule has 2 aliphatic rings. The van der Waals surface area contributed by atoms with E-state index >= 15 is 0 Å². The molecule has 1 aromatic rings. The summed E-state index contributed by atoms with van der Waals surface area (Å²) in [5.74, 6) is -1.21. The largest absolute Gasteiger partial charge is 0.466 e. The van der Waals surface area contributed by atoms with Crippen molar-refractivity contribution in [2.24, 2.45) is 5.92 Å². The highest BCUT2D eigenvalue weighted by atomic mass is 32.2. The Hall–Kier alpha value is -2.50. The molecular formula is C23H32N2O8S. The number of esters is 2. The van der Waals surface area contributed by atoms with Crippen molar-refractivity contribution in [1.29, 1.82) is 0 Å². The van der Waals surface area contributed by atoms with Gasteiger partial charge in [0.1, 0.15) is 0 Å². The quantitative estimate of drug-likeness (QED) is 0.464. The van der Waals surface area contributed by atoms with Crippen LogP contribution in [0.1, 0.15) is 31.7 Å². The first-order valence-corrected chi connectivity index (χ1v) is 13.0. The van der Waals surface area contributed by atoms with Crippen LogP contribution in [0, 0.1) is 5.92 Å². The molecule has 0 saturated carbocycles. The van der Waals surface area contributed by atoms with Gasteiger partial charge in [-0.3, -0.25) is 14.4 Å². The van der Waals surface area contributed by atoms with Crippen LogP contribution in [0.2, 0.25) is 0 Å². The van der Waals surface area contributed by atoms with Crippen LogP contribution >= 0.6 is 0 Å². The van der Waals surface area contributed by atoms with E-state index in [4.69, 9.17) is 14.2 Å². The van der Waals surface area contributed by atoms with Crippen molar-refractivity contribution in [3.63, 3.8) is 0 Å². The monoisotopic (exact) mass is 496 g/mol. The minimum Gasteiger partial charge on any atom is -0.466 e. The second kappa shape index (κ2) is 12.3. The van der Waals surface area contributed by atoms with Gasteiger partial charge in [-0.05, 0) is 43.9 Å². The number of morpholine rings is 1. The molecule has 0 bridgehead atoms. The summed E-state index contributed by atoms with van der Waals surface area (Å²) in [5, 5.41) is 0. The van der Waals surface area contributed by atoms with Gasteiger partial charge < -0.3 is 19.1 Å². The summed E-state index contributed by atoms with van der Waals surface area (Å²) >= 11 is 0. The molecule has 0 radical (unpaired) electrons. The van der Waals surface area contributed by atoms with Crippen molar-refractivity contribution in [3.8, 4) is 0 Å². The van der Waals surface area contributed by atoms with Crippen molar-refractivity contribution in [2.75, 3.05) is 52.6 Å². The third-order valence-electron chi connectivity index (χ3n) is 5.97. The van der Waals surface area contributed by atoms with Gasteiger partial charge in [0.2, 0.25) is 10.0 Å². The van der Waals surface area contributed by atoms with E-state index in [9.17, 15) is 22.8 Å². The Morgan fingerprint density at radius 2 is 1.65 bits per heavy atom. The highest BCUT2D eigenvalue weighted by molar-refractivity contribution is 7.89. The predicted octanol–water partition coefficient (Wildman–Crippen LogP) is 0.985. The second-order valence-electron chi connectivity index (χ2n) is 8.23. The molecule has 2 heterocycles. The SMILES string of the molecule is CCOC(=O)C1CCN(C(=O)COC(=O)CCc2ccc(S(=O)(=O)N3CCOCC3)cc2)CC1. The first-order valence-electron chi connectivity index (χ1n) is 11.6. The van der Waals surface area contributed by atoms with Crippen LogP contribution in [0.15, 0.2) is 29.2 Å². The lowest BCUT2D eigenvalue weighted by atomic mass is 9.97. The van der Waals surface area contributed by atoms with Gasteiger partial charge in [-0.1, -0.05) is 12.1 Å². The Morgan fingerprint density at radius 1 is 1.00 bits per heavy atom. The number of nitrogens with zero attached hydrogens (tertiary/aromatic N) is 2. The summed E-state index contributed by atoms with van der Waals surface area (Å²) in [7, 11) is -3.56. The molecule has 2 saturated heterocycles. The topological polar surface area (TPSA) is 120 Å². The molecule has 3 rings (SSSR count). The molecule has 2 aliphatic heterocycles. The van der Waals surface area contributed by atoms with Gasteiger partial charge in [0.15, 0.2) is 6.61 Å². The molecule has 10 nitrogen and oxygen atoms in total. The Balaban J connectivity index is 1.39. The van der Waals surface area contributed by atoms with Crippen LogP contribution in [0.5, 0.6) is 0 Å². The summed E-state index contributed by atoms with van der Waals surface area (Å²) in [6, 6.07) is 6.43. The predicted molar refractivity (Wildman–Crippen MR) is 121 cm³/mol. The number of likely N-dealkylation sites (tertiary alicyclic amines) is 1. The number of amides is 1. The van der Waals surface area contributed by atoms with Gasteiger partial charge in [0.25, 0.3) is 5.91 Å². The molecule has 0 spiro atoms. The minimum atomic E-state index is -3.56. The number of carbonyl (C=O) groups is 3. The van der Waals surface area contributed by atoms with E-state index in [1.54, 1.807) is 24.0 Å². The fraction of sp³-hybridized carbons (Fsp3) is 0.609. The van der Waals surface area contributed by atoms with E-state index in [1.807, 2.05) is 0 Å². The van der Waals surface area contributed by atoms with Gasteiger partial charge in [-0.15, -0.1) is 0 Å². The maximum absolute atomic E-state index is 12.7. The van der Waals surface area contributed by atoms with Crippen LogP contribution in [-0.2, 0) is 45.0 Å². The smallest absolute Gasteiger partial charge is 0.309 e. The molecule has 0 unspecified atom stereocenters. The number of sulfonamides is 1. The molecular weight excluding hydrogens is 464 g/mol. The summed E-state index contributed by atoms with van der Waals surface area (Å²) in [6.07, 6.45) is 1.52. The summed E-state index contributed by atoms with van der Waals surface area (Å²) in [5.41, 5.74) is 0.797. The zero-order chi connectivity index (χ0) is 24.6. The van der Waals surface area contributed by atoms with E-state index in [0.717, 1.165) is 5.56 Å². The lowest BCUT2D eigenvalue weighted by molar-refractivity contribution is -0.154.